The van der Waals surface area contributed by atoms with Gasteiger partial charge in [-0.1, -0.05) is 6.07 Å². The van der Waals surface area contributed by atoms with E-state index in [1.807, 2.05) is 6.92 Å². The van der Waals surface area contributed by atoms with Crippen LogP contribution < -0.4 is 0 Å². The zero-order valence-electron chi connectivity index (χ0n) is 9.82. The minimum atomic E-state index is -0.945. The van der Waals surface area contributed by atoms with Crippen molar-refractivity contribution in [1.82, 2.24) is 0 Å². The predicted molar refractivity (Wildman–Crippen MR) is 60.9 cm³/mol. The highest BCUT2D eigenvalue weighted by Crippen LogP contribution is 2.37. The number of fused-ring (bicyclic) bond motifs is 1. The number of carboxylic acids is 1. The van der Waals surface area contributed by atoms with Crippen molar-refractivity contribution in [3.8, 4) is 0 Å². The van der Waals surface area contributed by atoms with E-state index in [1.165, 1.54) is 7.11 Å². The van der Waals surface area contributed by atoms with E-state index in [-0.39, 0.29) is 11.5 Å². The zero-order chi connectivity index (χ0) is 12.6. The molecule has 1 aliphatic rings. The van der Waals surface area contributed by atoms with Gasteiger partial charge in [-0.05, 0) is 43.0 Å². The van der Waals surface area contributed by atoms with E-state index in [0.29, 0.717) is 12.8 Å². The van der Waals surface area contributed by atoms with E-state index >= 15 is 0 Å². The fourth-order valence-corrected chi connectivity index (χ4v) is 2.39. The number of esters is 1. The second-order valence-corrected chi connectivity index (χ2v) is 4.69. The van der Waals surface area contributed by atoms with Gasteiger partial charge in [-0.15, -0.1) is 0 Å². The second kappa shape index (κ2) is 3.87. The molecule has 0 saturated heterocycles. The molecule has 1 aliphatic carbocycles. The molecule has 90 valence electrons. The van der Waals surface area contributed by atoms with Gasteiger partial charge in [0.05, 0.1) is 18.1 Å². The molecular formula is C13H14O4. The van der Waals surface area contributed by atoms with E-state index < -0.39 is 11.4 Å². The van der Waals surface area contributed by atoms with Gasteiger partial charge in [-0.2, -0.15) is 0 Å². The normalized spacial score (nSPS) is 22.0. The Morgan fingerprint density at radius 1 is 1.29 bits per heavy atom. The lowest BCUT2D eigenvalue weighted by atomic mass is 9.87. The minimum absolute atomic E-state index is 0.245. The summed E-state index contributed by atoms with van der Waals surface area (Å²) in [6.45, 7) is 1.85. The molecule has 0 aromatic heterocycles. The summed E-state index contributed by atoms with van der Waals surface area (Å²) >= 11 is 0. The van der Waals surface area contributed by atoms with Gasteiger partial charge in [0, 0.05) is 0 Å². The Morgan fingerprint density at radius 3 is 2.53 bits per heavy atom. The summed E-state index contributed by atoms with van der Waals surface area (Å²) in [6, 6.07) is 5.00. The van der Waals surface area contributed by atoms with Crippen LogP contribution in [0.3, 0.4) is 0 Å². The first kappa shape index (κ1) is 11.6. The first-order chi connectivity index (χ1) is 7.96. The Kier molecular flexibility index (Phi) is 2.65. The van der Waals surface area contributed by atoms with Crippen molar-refractivity contribution in [3.05, 3.63) is 34.9 Å². The van der Waals surface area contributed by atoms with Crippen LogP contribution in [0.5, 0.6) is 0 Å². The van der Waals surface area contributed by atoms with Crippen molar-refractivity contribution in [2.24, 2.45) is 5.41 Å². The number of carbonyl (C=O) groups is 2. The van der Waals surface area contributed by atoms with Crippen molar-refractivity contribution in [2.45, 2.75) is 19.8 Å². The Balaban J connectivity index is 2.34. The SMILES string of the molecule is COC(=O)C1(C)Cc2ccc(C(=O)O)cc2C1. The molecule has 2 rings (SSSR count). The van der Waals surface area contributed by atoms with Gasteiger partial charge in [0.2, 0.25) is 0 Å². The van der Waals surface area contributed by atoms with Gasteiger partial charge in [0.25, 0.3) is 0 Å². The second-order valence-electron chi connectivity index (χ2n) is 4.69. The largest absolute Gasteiger partial charge is 0.478 e. The maximum atomic E-state index is 11.7. The molecule has 1 N–H and O–H groups in total. The molecular weight excluding hydrogens is 220 g/mol. The first-order valence-corrected chi connectivity index (χ1v) is 5.40. The minimum Gasteiger partial charge on any atom is -0.478 e. The molecule has 0 saturated carbocycles. The van der Waals surface area contributed by atoms with E-state index in [2.05, 4.69) is 0 Å². The number of aromatic carboxylic acids is 1. The Morgan fingerprint density at radius 2 is 1.94 bits per heavy atom. The number of hydrogen-bond acceptors (Lipinski definition) is 3. The lowest BCUT2D eigenvalue weighted by Gasteiger charge is -2.19. The van der Waals surface area contributed by atoms with Gasteiger partial charge >= 0.3 is 11.9 Å². The highest BCUT2D eigenvalue weighted by Gasteiger charge is 2.40. The van der Waals surface area contributed by atoms with Gasteiger partial charge < -0.3 is 9.84 Å². The fraction of sp³-hybridized carbons (Fsp3) is 0.385. The molecule has 0 spiro atoms. The highest BCUT2D eigenvalue weighted by molar-refractivity contribution is 5.88. The fourth-order valence-electron chi connectivity index (χ4n) is 2.39. The van der Waals surface area contributed by atoms with Crippen LogP contribution in [0, 0.1) is 5.41 Å². The monoisotopic (exact) mass is 234 g/mol. The summed E-state index contributed by atoms with van der Waals surface area (Å²) in [7, 11) is 1.37. The Labute approximate surface area is 99.2 Å². The average molecular weight is 234 g/mol. The summed E-state index contributed by atoms with van der Waals surface area (Å²) in [5, 5.41) is 8.91. The molecule has 0 heterocycles. The number of benzene rings is 1. The van der Waals surface area contributed by atoms with Crippen LogP contribution in [0.4, 0.5) is 0 Å². The van der Waals surface area contributed by atoms with E-state index in [0.717, 1.165) is 11.1 Å². The van der Waals surface area contributed by atoms with Crippen molar-refractivity contribution < 1.29 is 19.4 Å². The number of methoxy groups -OCH3 is 1. The smallest absolute Gasteiger partial charge is 0.335 e. The Bertz CT molecular complexity index is 492. The number of hydrogen-bond donors (Lipinski definition) is 1. The van der Waals surface area contributed by atoms with Crippen LogP contribution in [0.25, 0.3) is 0 Å². The molecule has 1 atom stereocenters. The molecule has 1 aromatic rings. The molecule has 0 aliphatic heterocycles. The molecule has 0 fully saturated rings. The van der Waals surface area contributed by atoms with Crippen LogP contribution in [0.2, 0.25) is 0 Å². The van der Waals surface area contributed by atoms with Crippen molar-refractivity contribution in [3.63, 3.8) is 0 Å². The quantitative estimate of drug-likeness (QED) is 0.790. The standard InChI is InChI=1S/C13H14O4/c1-13(12(16)17-2)6-9-4-3-8(11(14)15)5-10(9)7-13/h3-5H,6-7H2,1-2H3,(H,14,15). The predicted octanol–water partition coefficient (Wildman–Crippen LogP) is 1.66. The molecule has 1 unspecified atom stereocenters. The lowest BCUT2D eigenvalue weighted by Crippen LogP contribution is -2.29. The van der Waals surface area contributed by atoms with Crippen molar-refractivity contribution >= 4 is 11.9 Å². The number of carbonyl (C=O) groups excluding carboxylic acids is 1. The third-order valence-electron chi connectivity index (χ3n) is 3.29. The van der Waals surface area contributed by atoms with Crippen LogP contribution in [0.1, 0.15) is 28.4 Å². The summed E-state index contributed by atoms with van der Waals surface area (Å²) in [5.41, 5.74) is 1.66. The molecule has 0 amide bonds. The third kappa shape index (κ3) is 1.90. The lowest BCUT2D eigenvalue weighted by molar-refractivity contribution is -0.151. The maximum Gasteiger partial charge on any atom is 0.335 e. The maximum absolute atomic E-state index is 11.7. The topological polar surface area (TPSA) is 63.6 Å². The van der Waals surface area contributed by atoms with Crippen molar-refractivity contribution in [2.75, 3.05) is 7.11 Å². The average Bonchev–Trinajstić information content (AvgIpc) is 2.64. The summed E-state index contributed by atoms with van der Waals surface area (Å²) in [5.74, 6) is -1.19. The molecule has 0 bridgehead atoms. The zero-order valence-corrected chi connectivity index (χ0v) is 9.82. The van der Waals surface area contributed by atoms with Crippen molar-refractivity contribution in [1.29, 1.82) is 0 Å². The van der Waals surface area contributed by atoms with E-state index in [4.69, 9.17) is 9.84 Å². The van der Waals surface area contributed by atoms with Crippen LogP contribution >= 0.6 is 0 Å². The summed E-state index contributed by atoms with van der Waals surface area (Å²) in [6.07, 6.45) is 1.14. The van der Waals surface area contributed by atoms with E-state index in [9.17, 15) is 9.59 Å². The molecule has 4 heteroatoms. The number of rotatable bonds is 2. The third-order valence-corrected chi connectivity index (χ3v) is 3.29. The first-order valence-electron chi connectivity index (χ1n) is 5.40. The van der Waals surface area contributed by atoms with Gasteiger partial charge in [0.1, 0.15) is 0 Å². The number of carboxylic acid groups (broad SMARTS) is 1. The highest BCUT2D eigenvalue weighted by atomic mass is 16.5. The van der Waals surface area contributed by atoms with Crippen LogP contribution in [0.15, 0.2) is 18.2 Å². The van der Waals surface area contributed by atoms with E-state index in [1.54, 1.807) is 18.2 Å². The van der Waals surface area contributed by atoms with Crippen LogP contribution in [-0.4, -0.2) is 24.2 Å². The summed E-state index contributed by atoms with van der Waals surface area (Å²) in [4.78, 5) is 22.5. The molecule has 17 heavy (non-hydrogen) atoms. The van der Waals surface area contributed by atoms with Gasteiger partial charge in [0.15, 0.2) is 0 Å². The summed E-state index contributed by atoms with van der Waals surface area (Å²) < 4.78 is 4.79. The Hall–Kier alpha value is -1.84. The van der Waals surface area contributed by atoms with Gasteiger partial charge in [-0.3, -0.25) is 4.79 Å². The molecule has 4 nitrogen and oxygen atoms in total. The molecule has 0 radical (unpaired) electrons. The van der Waals surface area contributed by atoms with Gasteiger partial charge in [-0.25, -0.2) is 4.79 Å². The van der Waals surface area contributed by atoms with Crippen LogP contribution in [-0.2, 0) is 22.4 Å². The number of ether oxygens (including phenoxy) is 1. The molecule has 1 aromatic carbocycles.